The predicted molar refractivity (Wildman–Crippen MR) is 82.0 cm³/mol. The van der Waals surface area contributed by atoms with E-state index in [0.29, 0.717) is 10.8 Å². The molecule has 0 aliphatic carbocycles. The number of carbonyl (C=O) groups excluding carboxylic acids is 1. The van der Waals surface area contributed by atoms with Gasteiger partial charge in [0, 0.05) is 12.4 Å². The molecule has 0 radical (unpaired) electrons. The van der Waals surface area contributed by atoms with Crippen LogP contribution in [0.2, 0.25) is 0 Å². The molecule has 2 rings (SSSR count). The van der Waals surface area contributed by atoms with Crippen LogP contribution in [-0.4, -0.2) is 34.2 Å². The predicted octanol–water partition coefficient (Wildman–Crippen LogP) is 2.47. The Kier molecular flexibility index (Phi) is 4.74. The van der Waals surface area contributed by atoms with Crippen LogP contribution < -0.4 is 10.1 Å². The largest absolute Gasteiger partial charge is 0.480 e. The number of anilines is 1. The van der Waals surface area contributed by atoms with Crippen molar-refractivity contribution >= 4 is 23.4 Å². The summed E-state index contributed by atoms with van der Waals surface area (Å²) >= 11 is 1.38. The summed E-state index contributed by atoms with van der Waals surface area (Å²) in [5.74, 6) is -0.0650. The second-order valence-corrected chi connectivity index (χ2v) is 5.10. The van der Waals surface area contributed by atoms with Gasteiger partial charge in [-0.3, -0.25) is 9.78 Å². The number of aromatic nitrogens is 3. The summed E-state index contributed by atoms with van der Waals surface area (Å²) in [6.07, 6.45) is 5.03. The molecule has 7 heteroatoms. The summed E-state index contributed by atoms with van der Waals surface area (Å²) < 4.78 is 5.17. The number of methoxy groups -OCH3 is 1. The minimum atomic E-state index is -0.321. The number of aryl methyl sites for hydroxylation is 2. The second-order valence-electron chi connectivity index (χ2n) is 4.32. The summed E-state index contributed by atoms with van der Waals surface area (Å²) in [6.45, 7) is 3.75. The van der Waals surface area contributed by atoms with E-state index >= 15 is 0 Å². The van der Waals surface area contributed by atoms with Gasteiger partial charge in [0.15, 0.2) is 5.16 Å². The molecule has 1 N–H and O–H groups in total. The van der Waals surface area contributed by atoms with Gasteiger partial charge in [-0.05, 0) is 31.7 Å². The molecule has 1 amide bonds. The number of nitrogens with one attached hydrogen (secondary N) is 1. The van der Waals surface area contributed by atoms with Crippen molar-refractivity contribution in [2.45, 2.75) is 19.0 Å². The Balaban J connectivity index is 2.32. The number of thioether (sulfide) groups is 1. The average molecular weight is 304 g/mol. The van der Waals surface area contributed by atoms with Gasteiger partial charge in [0.1, 0.15) is 5.56 Å². The number of rotatable bonds is 4. The molecular weight excluding hydrogens is 288 g/mol. The molecule has 2 heterocycles. The third kappa shape index (κ3) is 3.30. The van der Waals surface area contributed by atoms with Crippen molar-refractivity contribution in [1.29, 1.82) is 0 Å². The molecule has 2 aromatic rings. The topological polar surface area (TPSA) is 77.0 Å². The van der Waals surface area contributed by atoms with E-state index in [-0.39, 0.29) is 17.4 Å². The molecule has 6 nitrogen and oxygen atoms in total. The molecule has 0 aromatic carbocycles. The summed E-state index contributed by atoms with van der Waals surface area (Å²) in [4.78, 5) is 24.8. The fourth-order valence-electron chi connectivity index (χ4n) is 1.82. The number of carbonyl (C=O) groups is 1. The summed E-state index contributed by atoms with van der Waals surface area (Å²) in [6, 6.07) is 1.84. The Morgan fingerprint density at radius 3 is 2.71 bits per heavy atom. The van der Waals surface area contributed by atoms with Gasteiger partial charge in [0.25, 0.3) is 5.91 Å². The third-order valence-electron chi connectivity index (χ3n) is 2.94. The van der Waals surface area contributed by atoms with Crippen molar-refractivity contribution in [2.24, 2.45) is 0 Å². The lowest BCUT2D eigenvalue weighted by Gasteiger charge is -2.12. The van der Waals surface area contributed by atoms with Crippen LogP contribution in [0, 0.1) is 13.8 Å². The molecule has 0 aliphatic heterocycles. The van der Waals surface area contributed by atoms with Gasteiger partial charge in [-0.1, -0.05) is 11.8 Å². The van der Waals surface area contributed by atoms with E-state index < -0.39 is 0 Å². The molecule has 0 atom stereocenters. The Morgan fingerprint density at radius 2 is 2.10 bits per heavy atom. The van der Waals surface area contributed by atoms with Crippen LogP contribution >= 0.6 is 11.8 Å². The maximum absolute atomic E-state index is 12.4. The zero-order valence-electron chi connectivity index (χ0n) is 12.3. The summed E-state index contributed by atoms with van der Waals surface area (Å²) in [7, 11) is 1.48. The molecule has 21 heavy (non-hydrogen) atoms. The van der Waals surface area contributed by atoms with Crippen LogP contribution in [0.25, 0.3) is 0 Å². The smallest absolute Gasteiger partial charge is 0.262 e. The van der Waals surface area contributed by atoms with Crippen LogP contribution in [0.15, 0.2) is 23.6 Å². The van der Waals surface area contributed by atoms with Gasteiger partial charge in [-0.25, -0.2) is 4.98 Å². The normalized spacial score (nSPS) is 10.3. The van der Waals surface area contributed by atoms with Crippen molar-refractivity contribution in [3.63, 3.8) is 0 Å². The van der Waals surface area contributed by atoms with Crippen molar-refractivity contribution in [3.05, 3.63) is 35.3 Å². The van der Waals surface area contributed by atoms with E-state index in [2.05, 4.69) is 20.3 Å². The molecule has 0 unspecified atom stereocenters. The molecule has 2 aromatic heterocycles. The molecule has 0 spiro atoms. The summed E-state index contributed by atoms with van der Waals surface area (Å²) in [5, 5.41) is 3.39. The third-order valence-corrected chi connectivity index (χ3v) is 3.50. The Morgan fingerprint density at radius 1 is 1.33 bits per heavy atom. The molecule has 0 saturated heterocycles. The van der Waals surface area contributed by atoms with E-state index in [0.717, 1.165) is 11.3 Å². The number of ether oxygens (including phenoxy) is 1. The Hall–Kier alpha value is -2.15. The van der Waals surface area contributed by atoms with Gasteiger partial charge < -0.3 is 10.1 Å². The van der Waals surface area contributed by atoms with Gasteiger partial charge >= 0.3 is 0 Å². The number of nitrogens with zero attached hydrogens (tertiary/aromatic N) is 3. The van der Waals surface area contributed by atoms with Crippen LogP contribution in [0.1, 0.15) is 21.6 Å². The molecular formula is C14H16N4O2S. The first-order valence-electron chi connectivity index (χ1n) is 6.25. The monoisotopic (exact) mass is 304 g/mol. The molecule has 110 valence electrons. The van der Waals surface area contributed by atoms with E-state index in [1.54, 1.807) is 6.20 Å². The van der Waals surface area contributed by atoms with E-state index in [1.807, 2.05) is 26.2 Å². The van der Waals surface area contributed by atoms with Crippen LogP contribution in [0.5, 0.6) is 5.88 Å². The van der Waals surface area contributed by atoms with Gasteiger partial charge in [-0.2, -0.15) is 4.98 Å². The standard InChI is InChI=1S/C14H16N4O2S/c1-8-5-6-15-9(2)11(8)17-12(19)10-7-16-14(21-4)18-13(10)20-3/h5-7H,1-4H3,(H,17,19). The van der Waals surface area contributed by atoms with Crippen LogP contribution in [0.3, 0.4) is 0 Å². The molecule has 0 bridgehead atoms. The Labute approximate surface area is 127 Å². The van der Waals surface area contributed by atoms with Gasteiger partial charge in [-0.15, -0.1) is 0 Å². The highest BCUT2D eigenvalue weighted by atomic mass is 32.2. The Bertz CT molecular complexity index is 656. The van der Waals surface area contributed by atoms with Crippen molar-refractivity contribution in [3.8, 4) is 5.88 Å². The first-order chi connectivity index (χ1) is 10.1. The van der Waals surface area contributed by atoms with Crippen molar-refractivity contribution in [2.75, 3.05) is 18.7 Å². The lowest BCUT2D eigenvalue weighted by molar-refractivity contribution is 0.102. The van der Waals surface area contributed by atoms with Crippen LogP contribution in [0.4, 0.5) is 5.69 Å². The lowest BCUT2D eigenvalue weighted by atomic mass is 10.2. The highest BCUT2D eigenvalue weighted by molar-refractivity contribution is 7.98. The minimum Gasteiger partial charge on any atom is -0.480 e. The van der Waals surface area contributed by atoms with Crippen LogP contribution in [-0.2, 0) is 0 Å². The fourth-order valence-corrected chi connectivity index (χ4v) is 2.16. The summed E-state index contributed by atoms with van der Waals surface area (Å²) in [5.41, 5.74) is 2.68. The number of hydrogen-bond acceptors (Lipinski definition) is 6. The van der Waals surface area contributed by atoms with Gasteiger partial charge in [0.2, 0.25) is 5.88 Å². The minimum absolute atomic E-state index is 0.256. The van der Waals surface area contributed by atoms with Gasteiger partial charge in [0.05, 0.1) is 18.5 Å². The number of amides is 1. The SMILES string of the molecule is COc1nc(SC)ncc1C(=O)Nc1c(C)ccnc1C. The molecule has 0 fully saturated rings. The highest BCUT2D eigenvalue weighted by Crippen LogP contribution is 2.22. The first-order valence-corrected chi connectivity index (χ1v) is 7.48. The second kappa shape index (κ2) is 6.53. The maximum Gasteiger partial charge on any atom is 0.262 e. The highest BCUT2D eigenvalue weighted by Gasteiger charge is 2.17. The number of hydrogen-bond donors (Lipinski definition) is 1. The molecule has 0 saturated carbocycles. The molecule has 0 aliphatic rings. The van der Waals surface area contributed by atoms with Crippen molar-refractivity contribution < 1.29 is 9.53 Å². The quantitative estimate of drug-likeness (QED) is 0.690. The van der Waals surface area contributed by atoms with E-state index in [4.69, 9.17) is 4.74 Å². The van der Waals surface area contributed by atoms with Crippen molar-refractivity contribution in [1.82, 2.24) is 15.0 Å². The fraction of sp³-hybridized carbons (Fsp3) is 0.286. The maximum atomic E-state index is 12.4. The number of pyridine rings is 1. The lowest BCUT2D eigenvalue weighted by Crippen LogP contribution is -2.16. The zero-order chi connectivity index (χ0) is 15.4. The first kappa shape index (κ1) is 15.2. The average Bonchev–Trinajstić information content (AvgIpc) is 2.50. The van der Waals surface area contributed by atoms with E-state index in [1.165, 1.54) is 25.1 Å². The van der Waals surface area contributed by atoms with E-state index in [9.17, 15) is 4.79 Å². The zero-order valence-corrected chi connectivity index (χ0v) is 13.1.